The highest BCUT2D eigenvalue weighted by Gasteiger charge is 2.19. The number of benzene rings is 2. The van der Waals surface area contributed by atoms with Crippen molar-refractivity contribution < 1.29 is 9.52 Å². The molecule has 0 spiro atoms. The van der Waals surface area contributed by atoms with Gasteiger partial charge < -0.3 is 9.52 Å². The fourth-order valence-electron chi connectivity index (χ4n) is 4.15. The van der Waals surface area contributed by atoms with Crippen LogP contribution in [0.2, 0.25) is 5.02 Å². The number of aromatic hydroxyl groups is 1. The molecule has 0 amide bonds. The van der Waals surface area contributed by atoms with Crippen LogP contribution in [0.3, 0.4) is 0 Å². The van der Waals surface area contributed by atoms with Crippen molar-refractivity contribution in [3.8, 4) is 17.0 Å². The quantitative estimate of drug-likeness (QED) is 0.367. The molecule has 0 unspecified atom stereocenters. The first-order valence-corrected chi connectivity index (χ1v) is 11.2. The molecule has 0 bridgehead atoms. The molecule has 0 aliphatic heterocycles. The van der Waals surface area contributed by atoms with E-state index in [1.807, 2.05) is 6.92 Å². The Labute approximate surface area is 203 Å². The second-order valence-electron chi connectivity index (χ2n) is 8.45. The summed E-state index contributed by atoms with van der Waals surface area (Å²) in [5.41, 5.74) is 2.01. The third-order valence-electron chi connectivity index (χ3n) is 6.32. The molecule has 35 heavy (non-hydrogen) atoms. The Balaban J connectivity index is 1.77. The number of fused-ring (bicyclic) bond motifs is 2. The topological polar surface area (TPSA) is 118 Å². The average Bonchev–Trinajstić information content (AvgIpc) is 2.84. The number of aryl methyl sites for hydroxylation is 2. The van der Waals surface area contributed by atoms with Crippen molar-refractivity contribution in [2.75, 3.05) is 0 Å². The van der Waals surface area contributed by atoms with Gasteiger partial charge in [0, 0.05) is 27.1 Å². The molecule has 0 aliphatic carbocycles. The molecule has 176 valence electrons. The van der Waals surface area contributed by atoms with Crippen LogP contribution in [0, 0.1) is 20.8 Å². The minimum atomic E-state index is -0.603. The molecule has 2 N–H and O–H groups in total. The van der Waals surface area contributed by atoms with Gasteiger partial charge in [-0.15, -0.1) is 0 Å². The number of halogens is 1. The first-order chi connectivity index (χ1) is 16.7. The third kappa shape index (κ3) is 3.72. The maximum Gasteiger partial charge on any atom is 0.339 e. The maximum atomic E-state index is 12.7. The van der Waals surface area contributed by atoms with E-state index in [1.54, 1.807) is 56.3 Å². The summed E-state index contributed by atoms with van der Waals surface area (Å²) >= 11 is 5.97. The van der Waals surface area contributed by atoms with E-state index in [4.69, 9.17) is 16.0 Å². The molecule has 3 heterocycles. The SMILES string of the molecule is Cc1c(C)c2cc(-c3ccc4c(=O)[nH]c(=O)n(Cc5ccc(Cl)cc5)c4n3)c(O)c(C)c2oc1=O. The zero-order valence-electron chi connectivity index (χ0n) is 19.1. The number of phenols is 1. The number of pyridine rings is 1. The molecule has 0 atom stereocenters. The maximum absolute atomic E-state index is 12.7. The van der Waals surface area contributed by atoms with Crippen LogP contribution in [0.25, 0.3) is 33.3 Å². The lowest BCUT2D eigenvalue weighted by atomic mass is 9.98. The van der Waals surface area contributed by atoms with Crippen molar-refractivity contribution in [3.05, 3.63) is 101 Å². The van der Waals surface area contributed by atoms with Gasteiger partial charge in [0.15, 0.2) is 5.65 Å². The van der Waals surface area contributed by atoms with Gasteiger partial charge in [-0.05, 0) is 62.2 Å². The normalized spacial score (nSPS) is 11.4. The Kier molecular flexibility index (Phi) is 5.33. The molecule has 3 aromatic heterocycles. The molecular formula is C26H20ClN3O5. The summed E-state index contributed by atoms with van der Waals surface area (Å²) in [6.45, 7) is 5.30. The molecule has 0 aliphatic rings. The number of H-pyrrole nitrogens is 1. The van der Waals surface area contributed by atoms with E-state index < -0.39 is 16.9 Å². The Morgan fingerprint density at radius 3 is 2.40 bits per heavy atom. The molecule has 5 aromatic rings. The largest absolute Gasteiger partial charge is 0.507 e. The first kappa shape index (κ1) is 22.6. The molecular weight excluding hydrogens is 470 g/mol. The van der Waals surface area contributed by atoms with Gasteiger partial charge in [-0.2, -0.15) is 0 Å². The number of aromatic amines is 1. The lowest BCUT2D eigenvalue weighted by Crippen LogP contribution is -2.31. The number of hydrogen-bond acceptors (Lipinski definition) is 6. The fourth-order valence-corrected chi connectivity index (χ4v) is 4.27. The molecule has 0 radical (unpaired) electrons. The number of phenolic OH excluding ortho intramolecular Hbond substituents is 1. The van der Waals surface area contributed by atoms with Gasteiger partial charge >= 0.3 is 11.3 Å². The van der Waals surface area contributed by atoms with Crippen LogP contribution in [0.1, 0.15) is 22.3 Å². The minimum absolute atomic E-state index is 0.104. The van der Waals surface area contributed by atoms with Crippen LogP contribution in [-0.2, 0) is 6.54 Å². The van der Waals surface area contributed by atoms with Gasteiger partial charge in [-0.1, -0.05) is 23.7 Å². The van der Waals surface area contributed by atoms with Gasteiger partial charge in [0.25, 0.3) is 5.56 Å². The summed E-state index contributed by atoms with van der Waals surface area (Å²) < 4.78 is 6.80. The van der Waals surface area contributed by atoms with Crippen molar-refractivity contribution in [2.24, 2.45) is 0 Å². The summed E-state index contributed by atoms with van der Waals surface area (Å²) in [6, 6.07) is 11.9. The van der Waals surface area contributed by atoms with Crippen LogP contribution < -0.4 is 16.9 Å². The monoisotopic (exact) mass is 489 g/mol. The van der Waals surface area contributed by atoms with E-state index in [-0.39, 0.29) is 23.3 Å². The van der Waals surface area contributed by atoms with E-state index in [2.05, 4.69) is 9.97 Å². The lowest BCUT2D eigenvalue weighted by Gasteiger charge is -2.14. The molecule has 0 saturated carbocycles. The highest BCUT2D eigenvalue weighted by molar-refractivity contribution is 6.30. The van der Waals surface area contributed by atoms with Crippen molar-refractivity contribution in [3.63, 3.8) is 0 Å². The molecule has 2 aromatic carbocycles. The zero-order chi connectivity index (χ0) is 25.0. The summed E-state index contributed by atoms with van der Waals surface area (Å²) in [7, 11) is 0. The minimum Gasteiger partial charge on any atom is -0.507 e. The Bertz CT molecular complexity index is 1830. The molecule has 0 fully saturated rings. The highest BCUT2D eigenvalue weighted by Crippen LogP contribution is 2.37. The van der Waals surface area contributed by atoms with E-state index in [0.717, 1.165) is 11.1 Å². The van der Waals surface area contributed by atoms with Crippen molar-refractivity contribution in [2.45, 2.75) is 27.3 Å². The molecule has 8 nitrogen and oxygen atoms in total. The molecule has 5 rings (SSSR count). The average molecular weight is 490 g/mol. The summed E-state index contributed by atoms with van der Waals surface area (Å²) in [5, 5.41) is 12.4. The second-order valence-corrected chi connectivity index (χ2v) is 8.89. The van der Waals surface area contributed by atoms with Crippen LogP contribution in [0.4, 0.5) is 0 Å². The highest BCUT2D eigenvalue weighted by atomic mass is 35.5. The second kappa shape index (κ2) is 8.25. The Hall–Kier alpha value is -4.17. The zero-order valence-corrected chi connectivity index (χ0v) is 19.9. The lowest BCUT2D eigenvalue weighted by molar-refractivity contribution is 0.469. The number of nitrogens with one attached hydrogen (secondary N) is 1. The van der Waals surface area contributed by atoms with Gasteiger partial charge in [-0.3, -0.25) is 14.3 Å². The van der Waals surface area contributed by atoms with Gasteiger partial charge in [0.1, 0.15) is 11.3 Å². The van der Waals surface area contributed by atoms with Crippen LogP contribution >= 0.6 is 11.6 Å². The standard InChI is InChI=1S/C26H20ClN3O5/c1-12-13(2)25(33)35-22-14(3)21(31)19(10-18(12)22)20-9-8-17-23(28-20)30(26(34)29-24(17)32)11-15-4-6-16(27)7-5-15/h4-10,31H,11H2,1-3H3,(H,29,32,34). The van der Waals surface area contributed by atoms with E-state index >= 15 is 0 Å². The number of nitrogens with zero attached hydrogens (tertiary/aromatic N) is 2. The molecule has 9 heteroatoms. The predicted octanol–water partition coefficient (Wildman–Crippen LogP) is 4.19. The summed E-state index contributed by atoms with van der Waals surface area (Å²) in [5.74, 6) is -0.104. The van der Waals surface area contributed by atoms with Crippen LogP contribution in [-0.4, -0.2) is 19.6 Å². The third-order valence-corrected chi connectivity index (χ3v) is 6.57. The summed E-state index contributed by atoms with van der Waals surface area (Å²) in [4.78, 5) is 44.3. The fraction of sp³-hybridized carbons (Fsp3) is 0.154. The van der Waals surface area contributed by atoms with Gasteiger partial charge in [0.05, 0.1) is 17.6 Å². The Morgan fingerprint density at radius 2 is 1.69 bits per heavy atom. The summed E-state index contributed by atoms with van der Waals surface area (Å²) in [6.07, 6.45) is 0. The van der Waals surface area contributed by atoms with Gasteiger partial charge in [0.2, 0.25) is 0 Å². The van der Waals surface area contributed by atoms with E-state index in [1.165, 1.54) is 4.57 Å². The number of hydrogen-bond donors (Lipinski definition) is 2. The van der Waals surface area contributed by atoms with E-state index in [0.29, 0.717) is 38.4 Å². The van der Waals surface area contributed by atoms with E-state index in [9.17, 15) is 19.5 Å². The van der Waals surface area contributed by atoms with Crippen molar-refractivity contribution in [1.82, 2.24) is 14.5 Å². The number of aromatic nitrogens is 3. The first-order valence-electron chi connectivity index (χ1n) is 10.8. The number of rotatable bonds is 3. The van der Waals surface area contributed by atoms with Gasteiger partial charge in [-0.25, -0.2) is 14.6 Å². The smallest absolute Gasteiger partial charge is 0.339 e. The van der Waals surface area contributed by atoms with Crippen molar-refractivity contribution >= 4 is 33.6 Å². The van der Waals surface area contributed by atoms with Crippen LogP contribution in [0.15, 0.2) is 61.3 Å². The molecule has 0 saturated heterocycles. The Morgan fingerprint density at radius 1 is 0.971 bits per heavy atom. The predicted molar refractivity (Wildman–Crippen MR) is 135 cm³/mol. The van der Waals surface area contributed by atoms with Crippen molar-refractivity contribution in [1.29, 1.82) is 0 Å². The van der Waals surface area contributed by atoms with Crippen LogP contribution in [0.5, 0.6) is 5.75 Å².